The van der Waals surface area contributed by atoms with E-state index in [1.54, 1.807) is 0 Å². The Morgan fingerprint density at radius 2 is 0.786 bits per heavy atom. The van der Waals surface area contributed by atoms with Gasteiger partial charge in [-0.15, -0.1) is 0 Å². The Labute approximate surface area is 400 Å². The van der Waals surface area contributed by atoms with E-state index in [0.29, 0.717) is 17.6 Å². The predicted octanol–water partition coefficient (Wildman–Crippen LogP) is 16.1. The maximum atomic E-state index is 6.63. The summed E-state index contributed by atoms with van der Waals surface area (Å²) in [4.78, 5) is 16.0. The van der Waals surface area contributed by atoms with Gasteiger partial charge in [0, 0.05) is 65.6 Å². The number of para-hydroxylation sites is 5. The lowest BCUT2D eigenvalue weighted by Crippen LogP contribution is -2.06. The molecule has 7 nitrogen and oxygen atoms in total. The molecule has 15 aromatic rings. The summed E-state index contributed by atoms with van der Waals surface area (Å²) < 4.78 is 13.6. The molecule has 0 fully saturated rings. The van der Waals surface area contributed by atoms with Crippen LogP contribution in [0.25, 0.3) is 139 Å². The molecule has 70 heavy (non-hydrogen) atoms. The standard InChI is InChI=1S/C63H38N6O/c1-3-17-39(18-4-1)44-27-16-32-56-58(44)49-34-33-41(38-57(49)70-56)62-64-61(65-63(66-62)69-50-28-11-7-23-45(50)46-24-8-12-29-51(46)69)40-19-15-22-43(37-40)68-53-31-14-10-26-48(53)60-55(68)36-35-54-59(60)47-25-9-13-30-52(47)67(54)42-20-5-2-6-21-42/h1-38H. The molecule has 0 unspecified atom stereocenters. The predicted molar refractivity (Wildman–Crippen MR) is 286 cm³/mol. The normalized spacial score (nSPS) is 12.0. The molecule has 0 atom stereocenters. The summed E-state index contributed by atoms with van der Waals surface area (Å²) in [6.45, 7) is 0. The topological polar surface area (TPSA) is 66.6 Å². The zero-order valence-electron chi connectivity index (χ0n) is 37.5. The van der Waals surface area contributed by atoms with Gasteiger partial charge in [-0.25, -0.2) is 4.98 Å². The Bertz CT molecular complexity index is 4540. The minimum Gasteiger partial charge on any atom is -0.456 e. The van der Waals surface area contributed by atoms with Crippen LogP contribution in [0, 0.1) is 0 Å². The van der Waals surface area contributed by atoms with Crippen LogP contribution in [0.5, 0.6) is 0 Å². The van der Waals surface area contributed by atoms with E-state index in [-0.39, 0.29) is 0 Å². The van der Waals surface area contributed by atoms with Crippen LogP contribution in [0.15, 0.2) is 235 Å². The van der Waals surface area contributed by atoms with Crippen molar-refractivity contribution >= 4 is 87.4 Å². The molecule has 0 aliphatic rings. The molecule has 5 heterocycles. The van der Waals surface area contributed by atoms with Crippen molar-refractivity contribution in [3.8, 4) is 51.2 Å². The third kappa shape index (κ3) is 5.66. The summed E-state index contributed by atoms with van der Waals surface area (Å²) in [5.74, 6) is 1.65. The maximum Gasteiger partial charge on any atom is 0.238 e. The average Bonchev–Trinajstić information content (AvgIpc) is 4.17. The van der Waals surface area contributed by atoms with Crippen LogP contribution in [-0.2, 0) is 0 Å². The SMILES string of the molecule is c1ccc(-c2cccc3oc4cc(-c5nc(-c6cccc(-n7c8ccccc8c8c9c%10ccccc%10n(-c%10ccccc%10)c9ccc87)c6)nc(-n6c7ccccc7c7ccccc76)n5)ccc4c23)cc1. The van der Waals surface area contributed by atoms with E-state index in [9.17, 15) is 0 Å². The van der Waals surface area contributed by atoms with Gasteiger partial charge in [-0.3, -0.25) is 4.57 Å². The molecule has 0 spiro atoms. The van der Waals surface area contributed by atoms with Gasteiger partial charge < -0.3 is 13.6 Å². The van der Waals surface area contributed by atoms with Crippen LogP contribution in [0.3, 0.4) is 0 Å². The second kappa shape index (κ2) is 15.0. The van der Waals surface area contributed by atoms with E-state index in [4.69, 9.17) is 19.4 Å². The molecular formula is C63H38N6O. The molecule has 0 aliphatic heterocycles. The quantitative estimate of drug-likeness (QED) is 0.167. The summed E-state index contributed by atoms with van der Waals surface area (Å²) in [5.41, 5.74) is 14.4. The third-order valence-corrected chi connectivity index (χ3v) is 14.1. The molecule has 0 N–H and O–H groups in total. The Kier molecular flexibility index (Phi) is 8.23. The fourth-order valence-electron chi connectivity index (χ4n) is 11.1. The minimum absolute atomic E-state index is 0.535. The van der Waals surface area contributed by atoms with Crippen LogP contribution >= 0.6 is 0 Å². The van der Waals surface area contributed by atoms with E-state index in [0.717, 1.165) is 88.4 Å². The van der Waals surface area contributed by atoms with Crippen molar-refractivity contribution in [3.63, 3.8) is 0 Å². The van der Waals surface area contributed by atoms with E-state index < -0.39 is 0 Å². The first-order valence-electron chi connectivity index (χ1n) is 23.6. The van der Waals surface area contributed by atoms with Gasteiger partial charge in [0.1, 0.15) is 11.2 Å². The molecule has 0 saturated heterocycles. The lowest BCUT2D eigenvalue weighted by Gasteiger charge is -2.13. The summed E-state index contributed by atoms with van der Waals surface area (Å²) in [6.07, 6.45) is 0. The molecule has 5 aromatic heterocycles. The molecule has 7 heteroatoms. The van der Waals surface area contributed by atoms with E-state index in [2.05, 4.69) is 232 Å². The smallest absolute Gasteiger partial charge is 0.238 e. The second-order valence-electron chi connectivity index (χ2n) is 18.0. The van der Waals surface area contributed by atoms with Crippen molar-refractivity contribution in [1.29, 1.82) is 0 Å². The highest BCUT2D eigenvalue weighted by Gasteiger charge is 2.23. The summed E-state index contributed by atoms with van der Waals surface area (Å²) in [6, 6.07) is 81.3. The first-order valence-corrected chi connectivity index (χ1v) is 23.6. The number of rotatable bonds is 6. The first-order chi connectivity index (χ1) is 34.7. The number of aromatic nitrogens is 6. The summed E-state index contributed by atoms with van der Waals surface area (Å²) >= 11 is 0. The van der Waals surface area contributed by atoms with Gasteiger partial charge in [0.2, 0.25) is 5.95 Å². The van der Waals surface area contributed by atoms with Gasteiger partial charge in [0.05, 0.1) is 33.1 Å². The van der Waals surface area contributed by atoms with Gasteiger partial charge in [0.15, 0.2) is 11.6 Å². The van der Waals surface area contributed by atoms with E-state index in [1.807, 2.05) is 12.1 Å². The number of fused-ring (bicyclic) bond motifs is 13. The zero-order chi connectivity index (χ0) is 45.9. The molecule has 10 aromatic carbocycles. The largest absolute Gasteiger partial charge is 0.456 e. The van der Waals surface area contributed by atoms with E-state index >= 15 is 0 Å². The molecular weight excluding hydrogens is 857 g/mol. The highest BCUT2D eigenvalue weighted by Crippen LogP contribution is 2.43. The molecule has 15 rings (SSSR count). The fourth-order valence-corrected chi connectivity index (χ4v) is 11.1. The molecule has 0 saturated carbocycles. The van der Waals surface area contributed by atoms with Crippen LogP contribution in [-0.4, -0.2) is 28.7 Å². The number of benzene rings is 10. The van der Waals surface area contributed by atoms with E-state index in [1.165, 1.54) is 32.6 Å². The van der Waals surface area contributed by atoms with Crippen molar-refractivity contribution in [1.82, 2.24) is 28.7 Å². The highest BCUT2D eigenvalue weighted by atomic mass is 16.3. The van der Waals surface area contributed by atoms with Crippen LogP contribution < -0.4 is 0 Å². The lowest BCUT2D eigenvalue weighted by atomic mass is 9.99. The molecule has 0 radical (unpaired) electrons. The van der Waals surface area contributed by atoms with Gasteiger partial charge >= 0.3 is 0 Å². The summed E-state index contributed by atoms with van der Waals surface area (Å²) in [7, 11) is 0. The Morgan fingerprint density at radius 3 is 1.43 bits per heavy atom. The molecule has 0 amide bonds. The number of nitrogens with zero attached hydrogens (tertiary/aromatic N) is 6. The monoisotopic (exact) mass is 894 g/mol. The Morgan fingerprint density at radius 1 is 0.286 bits per heavy atom. The lowest BCUT2D eigenvalue weighted by molar-refractivity contribution is 0.669. The minimum atomic E-state index is 0.535. The van der Waals surface area contributed by atoms with Crippen LogP contribution in [0.2, 0.25) is 0 Å². The molecule has 0 bridgehead atoms. The number of hydrogen-bond acceptors (Lipinski definition) is 4. The van der Waals surface area contributed by atoms with Gasteiger partial charge in [-0.2, -0.15) is 9.97 Å². The van der Waals surface area contributed by atoms with Gasteiger partial charge in [-0.05, 0) is 90.0 Å². The van der Waals surface area contributed by atoms with Crippen LogP contribution in [0.4, 0.5) is 0 Å². The Hall–Kier alpha value is -9.59. The maximum absolute atomic E-state index is 6.63. The number of hydrogen-bond donors (Lipinski definition) is 0. The number of furan rings is 1. The average molecular weight is 895 g/mol. The van der Waals surface area contributed by atoms with Crippen molar-refractivity contribution in [2.45, 2.75) is 0 Å². The van der Waals surface area contributed by atoms with Crippen LogP contribution in [0.1, 0.15) is 0 Å². The van der Waals surface area contributed by atoms with Crippen molar-refractivity contribution in [2.75, 3.05) is 0 Å². The third-order valence-electron chi connectivity index (χ3n) is 14.1. The molecule has 0 aliphatic carbocycles. The summed E-state index contributed by atoms with van der Waals surface area (Å²) in [5, 5.41) is 9.26. The first kappa shape index (κ1) is 38.5. The van der Waals surface area contributed by atoms with Crippen molar-refractivity contribution in [2.24, 2.45) is 0 Å². The van der Waals surface area contributed by atoms with Crippen molar-refractivity contribution < 1.29 is 4.42 Å². The zero-order valence-corrected chi connectivity index (χ0v) is 37.5. The fraction of sp³-hybridized carbons (Fsp3) is 0. The Balaban J connectivity index is 0.951. The van der Waals surface area contributed by atoms with Crippen molar-refractivity contribution in [3.05, 3.63) is 231 Å². The van der Waals surface area contributed by atoms with Gasteiger partial charge in [-0.1, -0.05) is 152 Å². The molecule has 326 valence electrons. The second-order valence-corrected chi connectivity index (χ2v) is 18.0. The van der Waals surface area contributed by atoms with Gasteiger partial charge in [0.25, 0.3) is 0 Å². The highest BCUT2D eigenvalue weighted by molar-refractivity contribution is 6.29.